The number of nitrogens with zero attached hydrogens (tertiary/aromatic N) is 3. The van der Waals surface area contributed by atoms with Gasteiger partial charge < -0.3 is 9.64 Å². The number of rotatable bonds is 5. The molecule has 1 aromatic carbocycles. The fourth-order valence-electron chi connectivity index (χ4n) is 3.38. The monoisotopic (exact) mass is 365 g/mol. The Bertz CT molecular complexity index is 864. The van der Waals surface area contributed by atoms with Gasteiger partial charge in [-0.15, -0.1) is 0 Å². The largest absolute Gasteiger partial charge is 0.479 e. The lowest BCUT2D eigenvalue weighted by molar-refractivity contribution is -0.134. The second-order valence-corrected chi connectivity index (χ2v) is 7.23. The van der Waals surface area contributed by atoms with Crippen LogP contribution in [-0.4, -0.2) is 40.4 Å². The molecule has 27 heavy (non-hydrogen) atoms. The van der Waals surface area contributed by atoms with E-state index in [0.717, 1.165) is 24.1 Å². The van der Waals surface area contributed by atoms with E-state index in [1.54, 1.807) is 18.0 Å². The van der Waals surface area contributed by atoms with Crippen molar-refractivity contribution in [2.45, 2.75) is 45.4 Å². The van der Waals surface area contributed by atoms with Crippen LogP contribution in [0.4, 0.5) is 5.69 Å². The molecule has 6 heteroatoms. The van der Waals surface area contributed by atoms with Crippen LogP contribution in [0.2, 0.25) is 0 Å². The van der Waals surface area contributed by atoms with Crippen LogP contribution < -0.4 is 9.64 Å². The Labute approximate surface area is 158 Å². The molecular formula is C21H23N3O3. The zero-order chi connectivity index (χ0) is 19.0. The van der Waals surface area contributed by atoms with Crippen LogP contribution in [0.25, 0.3) is 0 Å². The van der Waals surface area contributed by atoms with Crippen LogP contribution in [-0.2, 0) is 16.1 Å². The van der Waals surface area contributed by atoms with Gasteiger partial charge in [-0.05, 0) is 56.5 Å². The number of ether oxygens (including phenoxy) is 1. The minimum atomic E-state index is -0.599. The van der Waals surface area contributed by atoms with E-state index in [-0.39, 0.29) is 24.4 Å². The smallest absolute Gasteiger partial charge is 0.268 e. The minimum absolute atomic E-state index is 0.0202. The number of benzene rings is 1. The number of carbonyl (C=O) groups excluding carboxylic acids is 2. The molecule has 140 valence electrons. The molecule has 2 amide bonds. The molecule has 1 unspecified atom stereocenters. The molecule has 1 aliphatic carbocycles. The van der Waals surface area contributed by atoms with E-state index in [4.69, 9.17) is 4.74 Å². The summed E-state index contributed by atoms with van der Waals surface area (Å²) in [6, 6.07) is 11.6. The lowest BCUT2D eigenvalue weighted by Gasteiger charge is -2.34. The van der Waals surface area contributed by atoms with E-state index >= 15 is 0 Å². The molecule has 2 aliphatic rings. The van der Waals surface area contributed by atoms with E-state index in [1.165, 1.54) is 0 Å². The summed E-state index contributed by atoms with van der Waals surface area (Å²) in [5, 5.41) is 0. The fourth-order valence-corrected chi connectivity index (χ4v) is 3.38. The molecule has 0 saturated heterocycles. The van der Waals surface area contributed by atoms with Gasteiger partial charge in [0.05, 0.1) is 17.9 Å². The predicted octanol–water partition coefficient (Wildman–Crippen LogP) is 2.70. The van der Waals surface area contributed by atoms with E-state index in [1.807, 2.05) is 48.2 Å². The average molecular weight is 365 g/mol. The van der Waals surface area contributed by atoms with Crippen LogP contribution in [0.1, 0.15) is 31.0 Å². The first-order chi connectivity index (χ1) is 13.0. The fraction of sp³-hybridized carbons (Fsp3) is 0.381. The van der Waals surface area contributed by atoms with Gasteiger partial charge in [0.25, 0.3) is 5.91 Å². The van der Waals surface area contributed by atoms with Gasteiger partial charge in [-0.3, -0.25) is 19.5 Å². The number of aryl methyl sites for hydroxylation is 1. The number of carbonyl (C=O) groups is 2. The topological polar surface area (TPSA) is 62.7 Å². The van der Waals surface area contributed by atoms with Crippen LogP contribution in [0.3, 0.4) is 0 Å². The summed E-state index contributed by atoms with van der Waals surface area (Å²) in [6.07, 6.45) is 3.14. The number of fused-ring (bicyclic) bond motifs is 1. The van der Waals surface area contributed by atoms with Gasteiger partial charge in [0.2, 0.25) is 5.91 Å². The maximum Gasteiger partial charge on any atom is 0.268 e. The Hall–Kier alpha value is -2.89. The molecule has 0 N–H and O–H groups in total. The minimum Gasteiger partial charge on any atom is -0.479 e. The number of hydrogen-bond acceptors (Lipinski definition) is 4. The molecule has 1 aliphatic heterocycles. The van der Waals surface area contributed by atoms with Gasteiger partial charge in [0, 0.05) is 12.2 Å². The van der Waals surface area contributed by atoms with Gasteiger partial charge >= 0.3 is 0 Å². The number of aromatic nitrogens is 1. The van der Waals surface area contributed by atoms with Crippen molar-refractivity contribution in [3.05, 3.63) is 53.9 Å². The maximum atomic E-state index is 13.1. The van der Waals surface area contributed by atoms with Crippen molar-refractivity contribution in [1.29, 1.82) is 0 Å². The third kappa shape index (κ3) is 3.65. The van der Waals surface area contributed by atoms with E-state index in [2.05, 4.69) is 4.98 Å². The zero-order valence-electron chi connectivity index (χ0n) is 15.6. The molecule has 2 heterocycles. The first-order valence-electron chi connectivity index (χ1n) is 9.31. The third-order valence-electron chi connectivity index (χ3n) is 4.98. The lowest BCUT2D eigenvalue weighted by atomic mass is 10.1. The van der Waals surface area contributed by atoms with Crippen molar-refractivity contribution in [3.8, 4) is 5.75 Å². The highest BCUT2D eigenvalue weighted by Crippen LogP contribution is 2.35. The first-order valence-corrected chi connectivity index (χ1v) is 9.31. The molecular weight excluding hydrogens is 342 g/mol. The molecule has 6 nitrogen and oxygen atoms in total. The van der Waals surface area contributed by atoms with Gasteiger partial charge in [-0.25, -0.2) is 0 Å². The number of amides is 2. The molecule has 1 aromatic heterocycles. The Morgan fingerprint density at radius 2 is 2.11 bits per heavy atom. The number of anilines is 1. The zero-order valence-corrected chi connectivity index (χ0v) is 15.6. The maximum absolute atomic E-state index is 13.1. The lowest BCUT2D eigenvalue weighted by Crippen LogP contribution is -2.50. The Morgan fingerprint density at radius 3 is 2.81 bits per heavy atom. The quantitative estimate of drug-likeness (QED) is 0.817. The number of pyridine rings is 1. The van der Waals surface area contributed by atoms with Crippen LogP contribution >= 0.6 is 0 Å². The van der Waals surface area contributed by atoms with Crippen molar-refractivity contribution in [2.24, 2.45) is 0 Å². The molecule has 1 atom stereocenters. The highest BCUT2D eigenvalue weighted by atomic mass is 16.5. The van der Waals surface area contributed by atoms with Crippen molar-refractivity contribution in [1.82, 2.24) is 9.88 Å². The molecule has 0 spiro atoms. The Morgan fingerprint density at radius 1 is 1.30 bits per heavy atom. The first kappa shape index (κ1) is 17.5. The summed E-state index contributed by atoms with van der Waals surface area (Å²) < 4.78 is 5.70. The van der Waals surface area contributed by atoms with E-state index in [0.29, 0.717) is 18.0 Å². The highest BCUT2D eigenvalue weighted by molar-refractivity contribution is 6.03. The van der Waals surface area contributed by atoms with Crippen molar-refractivity contribution < 1.29 is 14.3 Å². The summed E-state index contributed by atoms with van der Waals surface area (Å²) in [5.41, 5.74) is 2.54. The Balaban J connectivity index is 1.57. The molecule has 4 rings (SSSR count). The van der Waals surface area contributed by atoms with Gasteiger partial charge in [0.15, 0.2) is 6.10 Å². The predicted molar refractivity (Wildman–Crippen MR) is 101 cm³/mol. The van der Waals surface area contributed by atoms with Gasteiger partial charge in [-0.1, -0.05) is 12.1 Å². The second-order valence-electron chi connectivity index (χ2n) is 7.23. The van der Waals surface area contributed by atoms with E-state index < -0.39 is 6.10 Å². The van der Waals surface area contributed by atoms with Crippen LogP contribution in [0, 0.1) is 6.92 Å². The SMILES string of the molecule is Cc1ccc2c(c1)N(CC(=O)N(Cc1ccccn1)C1CC1)C(=O)C(C)O2. The standard InChI is InChI=1S/C21H23N3O3/c1-14-6-9-19-18(11-14)24(21(26)15(2)27-19)13-20(25)23(17-7-8-17)12-16-5-3-4-10-22-16/h3-6,9-11,15,17H,7-8,12-13H2,1-2H3. The molecule has 0 bridgehead atoms. The molecule has 0 radical (unpaired) electrons. The average Bonchev–Trinajstić information content (AvgIpc) is 3.50. The molecule has 2 aromatic rings. The second kappa shape index (κ2) is 7.02. The summed E-state index contributed by atoms with van der Waals surface area (Å²) in [7, 11) is 0. The number of hydrogen-bond donors (Lipinski definition) is 0. The van der Waals surface area contributed by atoms with E-state index in [9.17, 15) is 9.59 Å². The molecule has 1 fully saturated rings. The van der Waals surface area contributed by atoms with Crippen molar-refractivity contribution >= 4 is 17.5 Å². The third-order valence-corrected chi connectivity index (χ3v) is 4.98. The van der Waals surface area contributed by atoms with Crippen LogP contribution in [0.5, 0.6) is 5.75 Å². The normalized spacial score (nSPS) is 18.7. The van der Waals surface area contributed by atoms with Gasteiger partial charge in [0.1, 0.15) is 12.3 Å². The molecule has 1 saturated carbocycles. The summed E-state index contributed by atoms with van der Waals surface area (Å²) in [4.78, 5) is 33.6. The summed E-state index contributed by atoms with van der Waals surface area (Å²) in [6.45, 7) is 4.17. The Kier molecular flexibility index (Phi) is 4.56. The van der Waals surface area contributed by atoms with Crippen molar-refractivity contribution in [3.63, 3.8) is 0 Å². The van der Waals surface area contributed by atoms with Crippen LogP contribution in [0.15, 0.2) is 42.6 Å². The highest BCUT2D eigenvalue weighted by Gasteiger charge is 2.37. The summed E-state index contributed by atoms with van der Waals surface area (Å²) >= 11 is 0. The van der Waals surface area contributed by atoms with Crippen molar-refractivity contribution in [2.75, 3.05) is 11.4 Å². The summed E-state index contributed by atoms with van der Waals surface area (Å²) in [5.74, 6) is 0.399. The van der Waals surface area contributed by atoms with Gasteiger partial charge in [-0.2, -0.15) is 0 Å².